The van der Waals surface area contributed by atoms with E-state index in [4.69, 9.17) is 25.8 Å². The van der Waals surface area contributed by atoms with Gasteiger partial charge in [0, 0.05) is 22.3 Å². The molecule has 0 aromatic heterocycles. The summed E-state index contributed by atoms with van der Waals surface area (Å²) in [7, 11) is 0. The Morgan fingerprint density at radius 2 is 1.79 bits per heavy atom. The van der Waals surface area contributed by atoms with Gasteiger partial charge in [-0.3, -0.25) is 14.4 Å². The number of nitrogens with zero attached hydrogens (tertiary/aromatic N) is 1. The molecular weight excluding hydrogens is 570 g/mol. The largest absolute Gasteiger partial charge is 0.486 e. The summed E-state index contributed by atoms with van der Waals surface area (Å²) >= 11 is 6.24. The van der Waals surface area contributed by atoms with Gasteiger partial charge in [0.05, 0.1) is 24.8 Å². The first-order valence-corrected chi connectivity index (χ1v) is 15.7. The van der Waals surface area contributed by atoms with Crippen molar-refractivity contribution in [1.82, 2.24) is 10.2 Å². The monoisotopic (exact) mass is 607 g/mol. The summed E-state index contributed by atoms with van der Waals surface area (Å²) in [6.45, 7) is 2.20. The lowest BCUT2D eigenvalue weighted by atomic mass is 9.86. The Labute approximate surface area is 256 Å². The van der Waals surface area contributed by atoms with Crippen LogP contribution in [-0.2, 0) is 19.1 Å². The molecule has 3 amide bonds. The van der Waals surface area contributed by atoms with Crippen LogP contribution in [0, 0.1) is 6.92 Å². The van der Waals surface area contributed by atoms with E-state index in [0.29, 0.717) is 52.6 Å². The second kappa shape index (κ2) is 13.0. The Hall–Kier alpha value is -3.56. The molecule has 3 unspecified atom stereocenters. The third kappa shape index (κ3) is 6.68. The lowest BCUT2D eigenvalue weighted by molar-refractivity contribution is -0.145. The molecule has 2 aliphatic heterocycles. The highest BCUT2D eigenvalue weighted by molar-refractivity contribution is 6.31. The summed E-state index contributed by atoms with van der Waals surface area (Å²) < 4.78 is 18.5. The summed E-state index contributed by atoms with van der Waals surface area (Å²) in [5.74, 6) is 0.253. The molecule has 9 nitrogen and oxygen atoms in total. The molecule has 1 fully saturated rings. The first kappa shape index (κ1) is 29.5. The molecule has 10 heteroatoms. The van der Waals surface area contributed by atoms with Crippen molar-refractivity contribution in [2.75, 3.05) is 25.1 Å². The van der Waals surface area contributed by atoms with Crippen molar-refractivity contribution in [2.45, 2.75) is 82.6 Å². The Morgan fingerprint density at radius 1 is 1.00 bits per heavy atom. The molecule has 2 bridgehead atoms. The van der Waals surface area contributed by atoms with Crippen LogP contribution in [0.25, 0.3) is 0 Å². The topological polar surface area (TPSA) is 106 Å². The molecule has 0 radical (unpaired) electrons. The number of carbonyl (C=O) groups excluding carboxylic acids is 3. The number of benzene rings is 2. The molecule has 4 aliphatic rings. The number of carbonyl (C=O) groups is 3. The minimum atomic E-state index is -0.869. The van der Waals surface area contributed by atoms with Gasteiger partial charge in [-0.2, -0.15) is 0 Å². The zero-order chi connectivity index (χ0) is 29.9. The summed E-state index contributed by atoms with van der Waals surface area (Å²) in [6, 6.07) is 11.9. The molecular formula is C33H38ClN3O6. The second-order valence-electron chi connectivity index (χ2n) is 11.9. The first-order chi connectivity index (χ1) is 20.9. The summed E-state index contributed by atoms with van der Waals surface area (Å²) in [4.78, 5) is 43.5. The smallest absolute Gasteiger partial charge is 0.254 e. The molecule has 0 spiro atoms. The highest BCUT2D eigenvalue weighted by Crippen LogP contribution is 2.35. The summed E-state index contributed by atoms with van der Waals surface area (Å²) in [6.07, 6.45) is 5.74. The number of amides is 3. The fourth-order valence-corrected chi connectivity index (χ4v) is 6.86. The third-order valence-corrected chi connectivity index (χ3v) is 8.88. The first-order valence-electron chi connectivity index (χ1n) is 15.3. The molecule has 1 saturated carbocycles. The molecule has 2 heterocycles. The SMILES string of the molecule is Cc1cc(Cl)cc(NC(=O)C2=C3CCCC2OCC(C(=O)NC2CCCCC2)N(CC2COc4ccccc4O2)C3=O)c1. The molecule has 2 N–H and O–H groups in total. The Kier molecular flexibility index (Phi) is 8.90. The summed E-state index contributed by atoms with van der Waals surface area (Å²) in [5, 5.41) is 6.63. The van der Waals surface area contributed by atoms with Crippen LogP contribution in [0.3, 0.4) is 0 Å². The number of rotatable bonds is 6. The van der Waals surface area contributed by atoms with Crippen LogP contribution in [0.5, 0.6) is 11.5 Å². The van der Waals surface area contributed by atoms with Crippen LogP contribution < -0.4 is 20.1 Å². The van der Waals surface area contributed by atoms with Crippen molar-refractivity contribution in [1.29, 1.82) is 0 Å². The van der Waals surface area contributed by atoms with E-state index in [1.165, 1.54) is 11.3 Å². The fourth-order valence-electron chi connectivity index (χ4n) is 6.57. The van der Waals surface area contributed by atoms with Gasteiger partial charge < -0.3 is 29.7 Å². The normalized spacial score (nSPS) is 24.2. The molecule has 2 aromatic carbocycles. The van der Waals surface area contributed by atoms with Gasteiger partial charge in [0.15, 0.2) is 17.6 Å². The molecule has 3 atom stereocenters. The van der Waals surface area contributed by atoms with E-state index in [0.717, 1.165) is 31.2 Å². The van der Waals surface area contributed by atoms with Crippen LogP contribution in [0.2, 0.25) is 5.02 Å². The maximum Gasteiger partial charge on any atom is 0.254 e. The molecule has 43 heavy (non-hydrogen) atoms. The van der Waals surface area contributed by atoms with Crippen molar-refractivity contribution in [3.63, 3.8) is 0 Å². The van der Waals surface area contributed by atoms with E-state index in [1.807, 2.05) is 43.3 Å². The van der Waals surface area contributed by atoms with Gasteiger partial charge in [-0.05, 0) is 74.9 Å². The number of hydrogen-bond acceptors (Lipinski definition) is 6. The van der Waals surface area contributed by atoms with Crippen LogP contribution >= 0.6 is 11.6 Å². The van der Waals surface area contributed by atoms with Crippen molar-refractivity contribution in [3.8, 4) is 11.5 Å². The van der Waals surface area contributed by atoms with Gasteiger partial charge in [0.1, 0.15) is 12.6 Å². The molecule has 0 saturated heterocycles. The van der Waals surface area contributed by atoms with Crippen molar-refractivity contribution in [2.24, 2.45) is 0 Å². The van der Waals surface area contributed by atoms with Crippen LogP contribution in [0.1, 0.15) is 56.9 Å². The fraction of sp³-hybridized carbons (Fsp3) is 0.485. The van der Waals surface area contributed by atoms with E-state index in [1.54, 1.807) is 6.07 Å². The number of nitrogens with one attached hydrogen (secondary N) is 2. The number of ether oxygens (including phenoxy) is 3. The van der Waals surface area contributed by atoms with E-state index >= 15 is 0 Å². The Bertz CT molecular complexity index is 1400. The second-order valence-corrected chi connectivity index (χ2v) is 12.3. The van der Waals surface area contributed by atoms with Gasteiger partial charge in [-0.1, -0.05) is 43.0 Å². The quantitative estimate of drug-likeness (QED) is 0.481. The molecule has 2 aliphatic carbocycles. The van der Waals surface area contributed by atoms with Crippen molar-refractivity contribution in [3.05, 3.63) is 64.2 Å². The van der Waals surface area contributed by atoms with E-state index in [9.17, 15) is 14.4 Å². The van der Waals surface area contributed by atoms with E-state index in [-0.39, 0.29) is 37.6 Å². The van der Waals surface area contributed by atoms with Crippen LogP contribution in [0.4, 0.5) is 5.69 Å². The predicted octanol–water partition coefficient (Wildman–Crippen LogP) is 4.95. The average molecular weight is 608 g/mol. The predicted molar refractivity (Wildman–Crippen MR) is 162 cm³/mol. The van der Waals surface area contributed by atoms with Crippen LogP contribution in [-0.4, -0.2) is 66.7 Å². The Balaban J connectivity index is 1.31. The number of aryl methyl sites for hydroxylation is 1. The van der Waals surface area contributed by atoms with E-state index < -0.39 is 24.2 Å². The highest BCUT2D eigenvalue weighted by atomic mass is 35.5. The average Bonchev–Trinajstić information content (AvgIpc) is 2.99. The number of hydrogen-bond donors (Lipinski definition) is 2. The number of halogens is 1. The standard InChI is InChI=1S/C33H38ClN3O6/c1-20-14-21(34)16-23(15-20)36-32(39)30-25-10-7-13-29(30)42-19-26(31(38)35-22-8-3-2-4-9-22)37(33(25)40)17-24-18-41-27-11-5-6-12-28(27)43-24/h5-6,11-12,14-16,22,24,26,29H,2-4,7-10,13,17-19H2,1H3,(H,35,38)(H,36,39). The number of fused-ring (bicyclic) bond motifs is 2. The highest BCUT2D eigenvalue weighted by Gasteiger charge is 2.42. The number of anilines is 1. The molecule has 6 rings (SSSR count). The zero-order valence-corrected chi connectivity index (χ0v) is 25.2. The van der Waals surface area contributed by atoms with Gasteiger partial charge in [-0.15, -0.1) is 0 Å². The number of para-hydroxylation sites is 2. The minimum Gasteiger partial charge on any atom is -0.486 e. The van der Waals surface area contributed by atoms with Gasteiger partial charge in [0.2, 0.25) is 5.91 Å². The molecule has 228 valence electrons. The van der Waals surface area contributed by atoms with Crippen molar-refractivity contribution >= 4 is 35.0 Å². The van der Waals surface area contributed by atoms with Crippen LogP contribution in [0.15, 0.2) is 53.6 Å². The minimum absolute atomic E-state index is 0.0283. The third-order valence-electron chi connectivity index (χ3n) is 8.66. The summed E-state index contributed by atoms with van der Waals surface area (Å²) in [5.41, 5.74) is 2.14. The zero-order valence-electron chi connectivity index (χ0n) is 24.4. The lowest BCUT2D eigenvalue weighted by Crippen LogP contribution is -2.59. The van der Waals surface area contributed by atoms with Crippen molar-refractivity contribution < 1.29 is 28.6 Å². The van der Waals surface area contributed by atoms with E-state index in [2.05, 4.69) is 10.6 Å². The maximum atomic E-state index is 14.4. The lowest BCUT2D eigenvalue weighted by Gasteiger charge is -2.40. The van der Waals surface area contributed by atoms with Gasteiger partial charge in [-0.25, -0.2) is 0 Å². The Morgan fingerprint density at radius 3 is 2.58 bits per heavy atom. The molecule has 2 aromatic rings. The van der Waals surface area contributed by atoms with Gasteiger partial charge in [0.25, 0.3) is 11.8 Å². The maximum absolute atomic E-state index is 14.4. The van der Waals surface area contributed by atoms with Gasteiger partial charge >= 0.3 is 0 Å².